The van der Waals surface area contributed by atoms with Crippen LogP contribution in [0.15, 0.2) is 24.3 Å². The number of benzene rings is 1. The molecule has 160 valence electrons. The van der Waals surface area contributed by atoms with Gasteiger partial charge in [-0.15, -0.1) is 0 Å². The Morgan fingerprint density at radius 3 is 2.28 bits per heavy atom. The highest BCUT2D eigenvalue weighted by atomic mass is 19.4. The molecule has 10 heteroatoms. The fourth-order valence-electron chi connectivity index (χ4n) is 2.90. The van der Waals surface area contributed by atoms with Gasteiger partial charge in [0.05, 0.1) is 0 Å². The number of nitrogens with one attached hydrogen (secondary N) is 3. The fourth-order valence-corrected chi connectivity index (χ4v) is 2.90. The molecule has 1 heterocycles. The first-order chi connectivity index (χ1) is 13.4. The molecule has 2 rings (SSSR count). The first-order valence-corrected chi connectivity index (χ1v) is 9.20. The summed E-state index contributed by atoms with van der Waals surface area (Å²) in [7, 11) is 0. The minimum absolute atomic E-state index is 0.253. The molecule has 1 aromatic rings. The third-order valence-electron chi connectivity index (χ3n) is 4.17. The van der Waals surface area contributed by atoms with Crippen LogP contribution in [-0.4, -0.2) is 53.6 Å². The van der Waals surface area contributed by atoms with Gasteiger partial charge in [0, 0.05) is 23.3 Å². The van der Waals surface area contributed by atoms with Crippen LogP contribution in [0.3, 0.4) is 0 Å². The number of rotatable bonds is 4. The van der Waals surface area contributed by atoms with Crippen LogP contribution in [0.25, 0.3) is 0 Å². The van der Waals surface area contributed by atoms with Gasteiger partial charge in [0.15, 0.2) is 0 Å². The van der Waals surface area contributed by atoms with Gasteiger partial charge in [-0.25, -0.2) is 4.79 Å². The Morgan fingerprint density at radius 1 is 1.10 bits per heavy atom. The molecule has 0 bridgehead atoms. The Bertz CT molecular complexity index is 757. The zero-order valence-electron chi connectivity index (χ0n) is 16.5. The summed E-state index contributed by atoms with van der Waals surface area (Å²) >= 11 is 0. The number of nitrogens with zero attached hydrogens (tertiary/aromatic N) is 1. The minimum atomic E-state index is -4.51. The van der Waals surface area contributed by atoms with Crippen molar-refractivity contribution < 1.29 is 27.6 Å². The molecule has 0 spiro atoms. The predicted octanol–water partition coefficient (Wildman–Crippen LogP) is 2.89. The van der Waals surface area contributed by atoms with E-state index in [1.165, 1.54) is 4.90 Å². The van der Waals surface area contributed by atoms with E-state index in [-0.39, 0.29) is 18.0 Å². The van der Waals surface area contributed by atoms with Crippen molar-refractivity contribution in [3.8, 4) is 0 Å². The van der Waals surface area contributed by atoms with Crippen molar-refractivity contribution in [3.63, 3.8) is 0 Å². The predicted molar refractivity (Wildman–Crippen MR) is 101 cm³/mol. The lowest BCUT2D eigenvalue weighted by molar-refractivity contribution is -0.140. The number of urea groups is 1. The minimum Gasteiger partial charge on any atom is -0.347 e. The van der Waals surface area contributed by atoms with Crippen molar-refractivity contribution in [1.29, 1.82) is 0 Å². The van der Waals surface area contributed by atoms with Crippen LogP contribution >= 0.6 is 0 Å². The molecule has 1 unspecified atom stereocenters. The Hall–Kier alpha value is -2.78. The first kappa shape index (κ1) is 22.5. The lowest BCUT2D eigenvalue weighted by Crippen LogP contribution is -2.49. The molecule has 1 aliphatic rings. The van der Waals surface area contributed by atoms with Gasteiger partial charge in [-0.3, -0.25) is 9.59 Å². The van der Waals surface area contributed by atoms with Gasteiger partial charge in [-0.05, 0) is 57.9 Å². The number of amides is 4. The summed E-state index contributed by atoms with van der Waals surface area (Å²) in [6.07, 6.45) is -3.70. The van der Waals surface area contributed by atoms with Crippen molar-refractivity contribution in [1.82, 2.24) is 15.5 Å². The van der Waals surface area contributed by atoms with Crippen molar-refractivity contribution >= 4 is 23.5 Å². The van der Waals surface area contributed by atoms with Crippen molar-refractivity contribution in [2.24, 2.45) is 0 Å². The standard InChI is InChI=1S/C19H25F3N4O3/c1-18(2,3)25-15(27)12-6-8-13(9-7-12)24-17(29)26-10-4-5-14(26)16(28)23-11-19(20,21)22/h6-9,14H,4-5,10-11H2,1-3H3,(H,23,28)(H,24,29)(H,25,27). The molecule has 0 aromatic heterocycles. The number of anilines is 1. The molecular formula is C19H25F3N4O3. The highest BCUT2D eigenvalue weighted by Crippen LogP contribution is 2.20. The number of hydrogen-bond donors (Lipinski definition) is 3. The maximum atomic E-state index is 12.5. The molecule has 0 radical (unpaired) electrons. The summed E-state index contributed by atoms with van der Waals surface area (Å²) in [5, 5.41) is 7.25. The zero-order valence-corrected chi connectivity index (χ0v) is 16.5. The van der Waals surface area contributed by atoms with E-state index in [2.05, 4.69) is 10.6 Å². The third kappa shape index (κ3) is 6.95. The van der Waals surface area contributed by atoms with Gasteiger partial charge in [0.1, 0.15) is 12.6 Å². The van der Waals surface area contributed by atoms with Gasteiger partial charge < -0.3 is 20.9 Å². The number of hydrogen-bond acceptors (Lipinski definition) is 3. The lowest BCUT2D eigenvalue weighted by Gasteiger charge is -2.24. The molecule has 29 heavy (non-hydrogen) atoms. The smallest absolute Gasteiger partial charge is 0.347 e. The zero-order chi connectivity index (χ0) is 21.8. The number of carbonyl (C=O) groups excluding carboxylic acids is 3. The molecule has 0 aliphatic carbocycles. The van der Waals surface area contributed by atoms with E-state index < -0.39 is 30.7 Å². The number of halogens is 3. The largest absolute Gasteiger partial charge is 0.405 e. The number of likely N-dealkylation sites (tertiary alicyclic amines) is 1. The molecule has 1 saturated heterocycles. The summed E-state index contributed by atoms with van der Waals surface area (Å²) in [5.41, 5.74) is 0.439. The van der Waals surface area contributed by atoms with Crippen LogP contribution in [0.2, 0.25) is 0 Å². The molecule has 4 amide bonds. The Morgan fingerprint density at radius 2 is 1.72 bits per heavy atom. The maximum Gasteiger partial charge on any atom is 0.405 e. The van der Waals surface area contributed by atoms with Crippen molar-refractivity contribution in [2.45, 2.75) is 51.4 Å². The molecule has 1 atom stereocenters. The summed E-state index contributed by atoms with van der Waals surface area (Å²) in [6, 6.07) is 4.66. The van der Waals surface area contributed by atoms with E-state index in [9.17, 15) is 27.6 Å². The summed E-state index contributed by atoms with van der Waals surface area (Å²) < 4.78 is 36.9. The van der Waals surface area contributed by atoms with Gasteiger partial charge >= 0.3 is 12.2 Å². The average Bonchev–Trinajstić information content (AvgIpc) is 3.08. The van der Waals surface area contributed by atoms with E-state index >= 15 is 0 Å². The second-order valence-electron chi connectivity index (χ2n) is 7.90. The van der Waals surface area contributed by atoms with Crippen LogP contribution in [0.4, 0.5) is 23.7 Å². The molecule has 1 fully saturated rings. The highest BCUT2D eigenvalue weighted by Gasteiger charge is 2.36. The van der Waals surface area contributed by atoms with Crippen LogP contribution in [-0.2, 0) is 4.79 Å². The third-order valence-corrected chi connectivity index (χ3v) is 4.17. The van der Waals surface area contributed by atoms with Crippen molar-refractivity contribution in [2.75, 3.05) is 18.4 Å². The number of alkyl halides is 3. The van der Waals surface area contributed by atoms with E-state index in [0.717, 1.165) is 0 Å². The van der Waals surface area contributed by atoms with Crippen molar-refractivity contribution in [3.05, 3.63) is 29.8 Å². The molecule has 7 nitrogen and oxygen atoms in total. The van der Waals surface area contributed by atoms with Gasteiger partial charge in [0.25, 0.3) is 5.91 Å². The molecule has 3 N–H and O–H groups in total. The first-order valence-electron chi connectivity index (χ1n) is 9.20. The number of carbonyl (C=O) groups is 3. The molecule has 1 aromatic carbocycles. The molecular weight excluding hydrogens is 389 g/mol. The van der Waals surface area contributed by atoms with Crippen LogP contribution < -0.4 is 16.0 Å². The summed E-state index contributed by atoms with van der Waals surface area (Å²) in [4.78, 5) is 37.8. The lowest BCUT2D eigenvalue weighted by atomic mass is 10.1. The van der Waals surface area contributed by atoms with E-state index in [1.807, 2.05) is 26.1 Å². The van der Waals surface area contributed by atoms with E-state index in [1.54, 1.807) is 24.3 Å². The monoisotopic (exact) mass is 414 g/mol. The Kier molecular flexibility index (Phi) is 6.76. The summed E-state index contributed by atoms with van der Waals surface area (Å²) in [6.45, 7) is 4.41. The van der Waals surface area contributed by atoms with Gasteiger partial charge in [0.2, 0.25) is 5.91 Å². The van der Waals surface area contributed by atoms with E-state index in [0.29, 0.717) is 24.1 Å². The maximum absolute atomic E-state index is 12.5. The molecule has 0 saturated carbocycles. The average molecular weight is 414 g/mol. The Balaban J connectivity index is 1.96. The van der Waals surface area contributed by atoms with Crippen LogP contribution in [0, 0.1) is 0 Å². The normalized spacial score (nSPS) is 17.0. The summed E-state index contributed by atoms with van der Waals surface area (Å²) in [5.74, 6) is -1.08. The topological polar surface area (TPSA) is 90.5 Å². The second kappa shape index (κ2) is 8.71. The Labute approximate surface area is 167 Å². The fraction of sp³-hybridized carbons (Fsp3) is 0.526. The highest BCUT2D eigenvalue weighted by molar-refractivity contribution is 5.97. The van der Waals surface area contributed by atoms with Gasteiger partial charge in [-0.1, -0.05) is 0 Å². The van der Waals surface area contributed by atoms with Crippen LogP contribution in [0.1, 0.15) is 44.0 Å². The van der Waals surface area contributed by atoms with Gasteiger partial charge in [-0.2, -0.15) is 13.2 Å². The van der Waals surface area contributed by atoms with Crippen LogP contribution in [0.5, 0.6) is 0 Å². The van der Waals surface area contributed by atoms with E-state index in [4.69, 9.17) is 0 Å². The SMILES string of the molecule is CC(C)(C)NC(=O)c1ccc(NC(=O)N2CCCC2C(=O)NCC(F)(F)F)cc1. The second-order valence-corrected chi connectivity index (χ2v) is 7.90. The molecule has 1 aliphatic heterocycles. The quantitative estimate of drug-likeness (QED) is 0.708.